The molecule has 0 saturated carbocycles. The Morgan fingerprint density at radius 3 is 3.33 bits per heavy atom. The summed E-state index contributed by atoms with van der Waals surface area (Å²) in [5.74, 6) is 1.07. The molecule has 0 N–H and O–H groups in total. The molecule has 2 radical (unpaired) electrons. The standard InChI is InChI=1S/C9H12N3/c1-3-8-6-11(2)7-12-5-4-10-9(8)12/h5-6H,3,7H2,1-2H3/q+1. The lowest BCUT2D eigenvalue weighted by atomic mass is 10.1. The lowest BCUT2D eigenvalue weighted by Gasteiger charge is -2.20. The molecule has 3 nitrogen and oxygen atoms in total. The Morgan fingerprint density at radius 1 is 1.75 bits per heavy atom. The Bertz CT molecular complexity index is 275. The molecule has 3 heteroatoms. The van der Waals surface area contributed by atoms with E-state index in [1.807, 2.05) is 6.20 Å². The van der Waals surface area contributed by atoms with Crippen LogP contribution < -0.4 is 4.90 Å². The normalized spacial score (nSPS) is 22.3. The van der Waals surface area contributed by atoms with Crippen molar-refractivity contribution in [3.05, 3.63) is 24.2 Å². The van der Waals surface area contributed by atoms with Crippen LogP contribution in [0.25, 0.3) is 0 Å². The van der Waals surface area contributed by atoms with Gasteiger partial charge in [0.2, 0.25) is 6.67 Å². The molecule has 0 aromatic carbocycles. The Balaban J connectivity index is 2.31. The van der Waals surface area contributed by atoms with E-state index in [9.17, 15) is 0 Å². The highest BCUT2D eigenvalue weighted by Crippen LogP contribution is 2.16. The van der Waals surface area contributed by atoms with E-state index in [1.54, 1.807) is 0 Å². The van der Waals surface area contributed by atoms with E-state index in [2.05, 4.69) is 41.2 Å². The predicted octanol–water partition coefficient (Wildman–Crippen LogP) is 1.01. The highest BCUT2D eigenvalue weighted by Gasteiger charge is 2.33. The number of hydrogen-bond acceptors (Lipinski definition) is 3. The number of rotatable bonds is 1. The number of hydrogen-bond donors (Lipinski definition) is 0. The molecule has 0 fully saturated rings. The van der Waals surface area contributed by atoms with Crippen LogP contribution in [0, 0.1) is 6.20 Å². The number of aliphatic imine (C=N–C) groups is 1. The largest absolute Gasteiger partial charge is 0.330 e. The average molecular weight is 162 g/mol. The summed E-state index contributed by atoms with van der Waals surface area (Å²) in [6, 6.07) is 0. The lowest BCUT2D eigenvalue weighted by Crippen LogP contribution is -2.42. The van der Waals surface area contributed by atoms with E-state index >= 15 is 0 Å². The Morgan fingerprint density at radius 2 is 2.58 bits per heavy atom. The van der Waals surface area contributed by atoms with Crippen molar-refractivity contribution < 1.29 is 0 Å². The van der Waals surface area contributed by atoms with Gasteiger partial charge in [0.15, 0.2) is 12.4 Å². The third kappa shape index (κ3) is 1.06. The van der Waals surface area contributed by atoms with E-state index in [0.29, 0.717) is 0 Å². The third-order valence-corrected chi connectivity index (χ3v) is 2.08. The molecule has 2 aliphatic heterocycles. The van der Waals surface area contributed by atoms with Crippen LogP contribution in [-0.2, 0) is 0 Å². The molecule has 0 bridgehead atoms. The molecule has 2 heterocycles. The summed E-state index contributed by atoms with van der Waals surface area (Å²) in [5.41, 5.74) is 1.28. The monoisotopic (exact) mass is 162 g/mol. The van der Waals surface area contributed by atoms with Gasteiger partial charge in [0, 0.05) is 13.2 Å². The van der Waals surface area contributed by atoms with E-state index in [4.69, 9.17) is 0 Å². The van der Waals surface area contributed by atoms with E-state index in [1.165, 1.54) is 5.57 Å². The summed E-state index contributed by atoms with van der Waals surface area (Å²) < 4.78 is 0. The quantitative estimate of drug-likeness (QED) is 0.527. The van der Waals surface area contributed by atoms with Gasteiger partial charge in [0.25, 0.3) is 5.84 Å². The zero-order chi connectivity index (χ0) is 8.55. The van der Waals surface area contributed by atoms with Crippen LogP contribution in [0.1, 0.15) is 13.3 Å². The molecule has 0 aliphatic carbocycles. The molecule has 0 aromatic heterocycles. The van der Waals surface area contributed by atoms with Crippen LogP contribution in [0.4, 0.5) is 0 Å². The van der Waals surface area contributed by atoms with Crippen LogP contribution in [0.3, 0.4) is 0 Å². The van der Waals surface area contributed by atoms with E-state index in [-0.39, 0.29) is 0 Å². The maximum Gasteiger partial charge on any atom is 0.288 e. The van der Waals surface area contributed by atoms with Crippen molar-refractivity contribution in [2.75, 3.05) is 13.7 Å². The maximum atomic E-state index is 4.19. The van der Waals surface area contributed by atoms with Gasteiger partial charge in [-0.25, -0.2) is 0 Å². The first-order valence-corrected chi connectivity index (χ1v) is 4.15. The van der Waals surface area contributed by atoms with Gasteiger partial charge in [0.05, 0.1) is 5.57 Å². The minimum atomic E-state index is 0.884. The molecule has 0 saturated heterocycles. The fraction of sp³-hybridized carbons (Fsp3) is 0.444. The van der Waals surface area contributed by atoms with Gasteiger partial charge < -0.3 is 4.90 Å². The molecular weight excluding hydrogens is 150 g/mol. The van der Waals surface area contributed by atoms with Gasteiger partial charge in [0.1, 0.15) is 0 Å². The fourth-order valence-electron chi connectivity index (χ4n) is 1.50. The average Bonchev–Trinajstić information content (AvgIpc) is 2.50. The van der Waals surface area contributed by atoms with Crippen molar-refractivity contribution >= 4 is 5.84 Å². The molecule has 62 valence electrons. The second kappa shape index (κ2) is 2.75. The fourth-order valence-corrected chi connectivity index (χ4v) is 1.50. The van der Waals surface area contributed by atoms with Gasteiger partial charge in [-0.15, -0.1) is 0 Å². The summed E-state index contributed by atoms with van der Waals surface area (Å²) in [5, 5.41) is 0. The Labute approximate surface area is 72.7 Å². The van der Waals surface area contributed by atoms with Gasteiger partial charge in [-0.2, -0.15) is 4.99 Å². The number of nitrogens with zero attached hydrogens (tertiary/aromatic N) is 3. The second-order valence-electron chi connectivity index (χ2n) is 3.07. The van der Waals surface area contributed by atoms with Crippen LogP contribution in [0.2, 0.25) is 0 Å². The zero-order valence-corrected chi connectivity index (χ0v) is 7.41. The van der Waals surface area contributed by atoms with Gasteiger partial charge in [-0.05, 0) is 6.42 Å². The highest BCUT2D eigenvalue weighted by molar-refractivity contribution is 6.02. The molecule has 0 spiro atoms. The Hall–Kier alpha value is -1.09. The van der Waals surface area contributed by atoms with Crippen LogP contribution in [-0.4, -0.2) is 24.5 Å². The molecule has 2 aliphatic rings. The van der Waals surface area contributed by atoms with E-state index < -0.39 is 0 Å². The summed E-state index contributed by atoms with van der Waals surface area (Å²) in [4.78, 5) is 8.45. The molecular formula is C9H12N3+. The molecule has 2 rings (SSSR count). The summed E-state index contributed by atoms with van der Waals surface area (Å²) in [6.45, 7) is 3.03. The van der Waals surface area contributed by atoms with Gasteiger partial charge in [-0.3, -0.25) is 0 Å². The molecule has 0 unspecified atom stereocenters. The topological polar surface area (TPSA) is 21.5 Å². The zero-order valence-electron chi connectivity index (χ0n) is 7.41. The van der Waals surface area contributed by atoms with Gasteiger partial charge in [-0.1, -0.05) is 11.8 Å². The lowest BCUT2D eigenvalue weighted by molar-refractivity contribution is 0.385. The number of fused-ring (bicyclic) bond motifs is 1. The summed E-state index contributed by atoms with van der Waals surface area (Å²) in [7, 11) is 2.07. The van der Waals surface area contributed by atoms with E-state index in [0.717, 1.165) is 18.9 Å². The first-order valence-electron chi connectivity index (χ1n) is 4.15. The van der Waals surface area contributed by atoms with Crippen LogP contribution >= 0.6 is 0 Å². The van der Waals surface area contributed by atoms with Crippen molar-refractivity contribution in [3.8, 4) is 0 Å². The van der Waals surface area contributed by atoms with Crippen LogP contribution in [0.5, 0.6) is 0 Å². The van der Waals surface area contributed by atoms with Crippen LogP contribution in [0.15, 0.2) is 23.0 Å². The minimum absolute atomic E-state index is 0.884. The molecule has 0 amide bonds. The summed E-state index contributed by atoms with van der Waals surface area (Å²) in [6.07, 6.45) is 7.94. The maximum absolute atomic E-state index is 4.19. The molecule has 0 aromatic rings. The first-order chi connectivity index (χ1) is 5.81. The molecule has 0 atom stereocenters. The van der Waals surface area contributed by atoms with Crippen molar-refractivity contribution in [2.24, 2.45) is 4.99 Å². The molecule has 12 heavy (non-hydrogen) atoms. The smallest absolute Gasteiger partial charge is 0.288 e. The second-order valence-corrected chi connectivity index (χ2v) is 3.07. The van der Waals surface area contributed by atoms with Gasteiger partial charge >= 0.3 is 0 Å². The highest BCUT2D eigenvalue weighted by atomic mass is 15.3. The van der Waals surface area contributed by atoms with Crippen molar-refractivity contribution in [1.29, 1.82) is 0 Å². The number of amidine groups is 1. The predicted molar refractivity (Wildman–Crippen MR) is 48.4 cm³/mol. The van der Waals surface area contributed by atoms with Crippen molar-refractivity contribution in [1.82, 2.24) is 9.80 Å². The third-order valence-electron chi connectivity index (χ3n) is 2.08. The van der Waals surface area contributed by atoms with Crippen molar-refractivity contribution in [2.45, 2.75) is 13.3 Å². The first kappa shape index (κ1) is 7.55. The summed E-state index contributed by atoms with van der Waals surface area (Å²) >= 11 is 0. The van der Waals surface area contributed by atoms with Crippen molar-refractivity contribution in [3.63, 3.8) is 0 Å². The SMILES string of the molecule is CCC1=CN(C)C[N+]2C=[C]N=C12. The minimum Gasteiger partial charge on any atom is -0.330 e. The Kier molecular flexibility index (Phi) is 1.73.